The Morgan fingerprint density at radius 2 is 1.90 bits per heavy atom. The highest BCUT2D eigenvalue weighted by Crippen LogP contribution is 2.28. The van der Waals surface area contributed by atoms with Crippen LogP contribution in [0, 0.1) is 5.92 Å². The van der Waals surface area contributed by atoms with Crippen LogP contribution >= 0.6 is 0 Å². The number of oxazole rings is 1. The minimum Gasteiger partial charge on any atom is -0.452 e. The van der Waals surface area contributed by atoms with Gasteiger partial charge in [-0.15, -0.1) is 0 Å². The molecule has 1 amide bonds. The quantitative estimate of drug-likeness (QED) is 0.589. The lowest BCUT2D eigenvalue weighted by molar-refractivity contribution is -0.136. The topological polar surface area (TPSA) is 72.6 Å². The van der Waals surface area contributed by atoms with Gasteiger partial charge in [0.15, 0.2) is 12.4 Å². The Bertz CT molecular complexity index is 1030. The van der Waals surface area contributed by atoms with Crippen molar-refractivity contribution in [3.8, 4) is 22.8 Å². The third kappa shape index (κ3) is 4.43. The largest absolute Gasteiger partial charge is 0.452 e. The standard InChI is InChI=1S/C24H24N2O4/c1-17-8-7-13-26(15-17)22(27)16-29-24(28)20-12-6-5-11-19(20)23-25-14-21(30-23)18-9-3-2-4-10-18/h2-6,9-12,14,17H,7-8,13,15-16H2,1H3. The number of benzene rings is 2. The van der Waals surface area contributed by atoms with E-state index in [1.54, 1.807) is 35.4 Å². The summed E-state index contributed by atoms with van der Waals surface area (Å²) in [5.41, 5.74) is 1.75. The summed E-state index contributed by atoms with van der Waals surface area (Å²) in [4.78, 5) is 31.2. The summed E-state index contributed by atoms with van der Waals surface area (Å²) in [5, 5.41) is 0. The van der Waals surface area contributed by atoms with E-state index < -0.39 is 5.97 Å². The van der Waals surface area contributed by atoms with E-state index in [4.69, 9.17) is 9.15 Å². The van der Waals surface area contributed by atoms with Gasteiger partial charge in [-0.2, -0.15) is 0 Å². The Labute approximate surface area is 175 Å². The van der Waals surface area contributed by atoms with Gasteiger partial charge < -0.3 is 14.1 Å². The lowest BCUT2D eigenvalue weighted by Gasteiger charge is -2.30. The molecule has 0 aliphatic carbocycles. The highest BCUT2D eigenvalue weighted by Gasteiger charge is 2.23. The molecule has 30 heavy (non-hydrogen) atoms. The predicted molar refractivity (Wildman–Crippen MR) is 113 cm³/mol. The first-order chi connectivity index (χ1) is 14.6. The molecule has 1 fully saturated rings. The van der Waals surface area contributed by atoms with E-state index in [2.05, 4.69) is 11.9 Å². The van der Waals surface area contributed by atoms with Gasteiger partial charge in [0, 0.05) is 18.7 Å². The maximum Gasteiger partial charge on any atom is 0.339 e. The van der Waals surface area contributed by atoms with Crippen molar-refractivity contribution >= 4 is 11.9 Å². The van der Waals surface area contributed by atoms with Gasteiger partial charge in [0.1, 0.15) is 0 Å². The van der Waals surface area contributed by atoms with E-state index in [0.29, 0.717) is 35.2 Å². The first-order valence-electron chi connectivity index (χ1n) is 10.2. The van der Waals surface area contributed by atoms with Crippen LogP contribution in [-0.4, -0.2) is 41.5 Å². The van der Waals surface area contributed by atoms with Gasteiger partial charge in [-0.3, -0.25) is 4.79 Å². The Kier molecular flexibility index (Phi) is 5.93. The van der Waals surface area contributed by atoms with Crippen molar-refractivity contribution < 1.29 is 18.7 Å². The smallest absolute Gasteiger partial charge is 0.339 e. The number of esters is 1. The molecule has 0 bridgehead atoms. The van der Waals surface area contributed by atoms with Gasteiger partial charge >= 0.3 is 5.97 Å². The fourth-order valence-electron chi connectivity index (χ4n) is 3.69. The summed E-state index contributed by atoms with van der Waals surface area (Å²) in [6.45, 7) is 3.30. The highest BCUT2D eigenvalue weighted by molar-refractivity contribution is 5.97. The maximum absolute atomic E-state index is 12.7. The molecular weight excluding hydrogens is 380 g/mol. The van der Waals surface area contributed by atoms with Crippen molar-refractivity contribution in [3.63, 3.8) is 0 Å². The molecule has 3 aromatic rings. The van der Waals surface area contributed by atoms with Gasteiger partial charge in [-0.05, 0) is 30.9 Å². The van der Waals surface area contributed by atoms with Crippen molar-refractivity contribution in [2.24, 2.45) is 5.92 Å². The third-order valence-electron chi connectivity index (χ3n) is 5.28. The SMILES string of the molecule is CC1CCCN(C(=O)COC(=O)c2ccccc2-c2ncc(-c3ccccc3)o2)C1. The van der Waals surface area contributed by atoms with Crippen LogP contribution in [0.25, 0.3) is 22.8 Å². The normalized spacial score (nSPS) is 16.3. The van der Waals surface area contributed by atoms with E-state index in [0.717, 1.165) is 24.9 Å². The van der Waals surface area contributed by atoms with Crippen LogP contribution in [0.2, 0.25) is 0 Å². The Morgan fingerprint density at radius 1 is 1.13 bits per heavy atom. The molecule has 154 valence electrons. The molecule has 0 radical (unpaired) electrons. The van der Waals surface area contributed by atoms with E-state index in [1.165, 1.54) is 0 Å². The Balaban J connectivity index is 1.47. The van der Waals surface area contributed by atoms with E-state index >= 15 is 0 Å². The van der Waals surface area contributed by atoms with Gasteiger partial charge in [0.25, 0.3) is 5.91 Å². The zero-order valence-corrected chi connectivity index (χ0v) is 16.9. The van der Waals surface area contributed by atoms with Gasteiger partial charge in [0.2, 0.25) is 5.89 Å². The second kappa shape index (κ2) is 8.95. The Morgan fingerprint density at radius 3 is 2.70 bits per heavy atom. The number of amides is 1. The van der Waals surface area contributed by atoms with E-state index in [9.17, 15) is 9.59 Å². The van der Waals surface area contributed by atoms with Crippen molar-refractivity contribution in [1.82, 2.24) is 9.88 Å². The third-order valence-corrected chi connectivity index (χ3v) is 5.28. The molecule has 6 nitrogen and oxygen atoms in total. The molecular formula is C24H24N2O4. The van der Waals surface area contributed by atoms with Gasteiger partial charge in [-0.25, -0.2) is 9.78 Å². The van der Waals surface area contributed by atoms with Crippen LogP contribution in [0.15, 0.2) is 65.2 Å². The predicted octanol–water partition coefficient (Wildman–Crippen LogP) is 4.42. The number of likely N-dealkylation sites (tertiary alicyclic amines) is 1. The Hall–Kier alpha value is -3.41. The van der Waals surface area contributed by atoms with E-state index in [-0.39, 0.29) is 12.5 Å². The zero-order chi connectivity index (χ0) is 20.9. The zero-order valence-electron chi connectivity index (χ0n) is 16.9. The van der Waals surface area contributed by atoms with Crippen molar-refractivity contribution in [1.29, 1.82) is 0 Å². The second-order valence-corrected chi connectivity index (χ2v) is 7.60. The average Bonchev–Trinajstić information content (AvgIpc) is 3.28. The second-order valence-electron chi connectivity index (χ2n) is 7.60. The molecule has 1 aromatic heterocycles. The average molecular weight is 404 g/mol. The summed E-state index contributed by atoms with van der Waals surface area (Å²) in [6.07, 6.45) is 3.74. The summed E-state index contributed by atoms with van der Waals surface area (Å²) in [6, 6.07) is 16.6. The van der Waals surface area contributed by atoms with Crippen LogP contribution in [0.5, 0.6) is 0 Å². The number of carbonyl (C=O) groups is 2. The monoisotopic (exact) mass is 404 g/mol. The highest BCUT2D eigenvalue weighted by atomic mass is 16.5. The minimum atomic E-state index is -0.566. The number of hydrogen-bond acceptors (Lipinski definition) is 5. The minimum absolute atomic E-state index is 0.158. The van der Waals surface area contributed by atoms with Crippen molar-refractivity contribution in [2.45, 2.75) is 19.8 Å². The number of nitrogens with zero attached hydrogens (tertiary/aromatic N) is 2. The molecule has 1 aliphatic heterocycles. The summed E-state index contributed by atoms with van der Waals surface area (Å²) >= 11 is 0. The van der Waals surface area contributed by atoms with Crippen molar-refractivity contribution in [3.05, 3.63) is 66.4 Å². The first-order valence-corrected chi connectivity index (χ1v) is 10.2. The number of rotatable bonds is 5. The number of aromatic nitrogens is 1. The first kappa shape index (κ1) is 19.9. The van der Waals surface area contributed by atoms with Crippen LogP contribution in [0.4, 0.5) is 0 Å². The fourth-order valence-corrected chi connectivity index (χ4v) is 3.69. The number of carbonyl (C=O) groups excluding carboxylic acids is 2. The van der Waals surface area contributed by atoms with Crippen LogP contribution in [0.1, 0.15) is 30.1 Å². The molecule has 1 atom stereocenters. The van der Waals surface area contributed by atoms with Crippen LogP contribution in [0.3, 0.4) is 0 Å². The molecule has 1 unspecified atom stereocenters. The van der Waals surface area contributed by atoms with Gasteiger partial charge in [0.05, 0.1) is 17.3 Å². The summed E-state index contributed by atoms with van der Waals surface area (Å²) in [5.74, 6) is 0.696. The van der Waals surface area contributed by atoms with Gasteiger partial charge in [-0.1, -0.05) is 49.4 Å². The summed E-state index contributed by atoms with van der Waals surface area (Å²) in [7, 11) is 0. The maximum atomic E-state index is 12.7. The van der Waals surface area contributed by atoms with Crippen LogP contribution < -0.4 is 0 Å². The lowest BCUT2D eigenvalue weighted by Crippen LogP contribution is -2.41. The number of ether oxygens (including phenoxy) is 1. The molecule has 2 heterocycles. The summed E-state index contributed by atoms with van der Waals surface area (Å²) < 4.78 is 11.2. The number of piperidine rings is 1. The fraction of sp³-hybridized carbons (Fsp3) is 0.292. The lowest BCUT2D eigenvalue weighted by atomic mass is 10.0. The number of hydrogen-bond donors (Lipinski definition) is 0. The molecule has 2 aromatic carbocycles. The molecule has 0 spiro atoms. The van der Waals surface area contributed by atoms with Crippen molar-refractivity contribution in [2.75, 3.05) is 19.7 Å². The molecule has 0 N–H and O–H groups in total. The molecule has 4 rings (SSSR count). The molecule has 1 saturated heterocycles. The van der Waals surface area contributed by atoms with Crippen LogP contribution in [-0.2, 0) is 9.53 Å². The van der Waals surface area contributed by atoms with E-state index in [1.807, 2.05) is 30.3 Å². The molecule has 6 heteroatoms. The molecule has 0 saturated carbocycles. The molecule has 1 aliphatic rings.